The van der Waals surface area contributed by atoms with Crippen LogP contribution in [0.4, 0.5) is 17.1 Å². The smallest absolute Gasteiger partial charge is 0.0711 e. The summed E-state index contributed by atoms with van der Waals surface area (Å²) in [6, 6.07) is 63.2. The van der Waals surface area contributed by atoms with Crippen LogP contribution >= 0.6 is 11.3 Å². The van der Waals surface area contributed by atoms with Crippen molar-refractivity contribution in [2.24, 2.45) is 5.92 Å². The Kier molecular flexibility index (Phi) is 8.49. The number of nitrogens with zero attached hydrogens (tertiary/aromatic N) is 1. The highest BCUT2D eigenvalue weighted by Gasteiger charge is 2.49. The maximum atomic E-state index is 2.56. The standard InChI is InChI=1S/C56H43NS/c1-38-17-13-20-41(37-38)45-26-14-27-46-47-28-15-32-52(55(47)58-54(45)46)57(44-35-33-40(34-36-44)39-18-5-2-6-19-39)51-31-16-30-50-53(51)48-25-11-12-29-49(48)56(50,42-21-7-3-8-22-42)43-23-9-4-10-24-43/h2-10,13-36,38H,11-12,37H2,1H3. The lowest BCUT2D eigenvalue weighted by Crippen LogP contribution is -2.29. The van der Waals surface area contributed by atoms with Crippen molar-refractivity contribution in [2.75, 3.05) is 4.90 Å². The Hall–Kier alpha value is -6.48. The van der Waals surface area contributed by atoms with E-state index < -0.39 is 5.41 Å². The summed E-state index contributed by atoms with van der Waals surface area (Å²) >= 11 is 1.94. The summed E-state index contributed by atoms with van der Waals surface area (Å²) < 4.78 is 2.67. The monoisotopic (exact) mass is 761 g/mol. The fourth-order valence-corrected chi connectivity index (χ4v) is 11.4. The maximum Gasteiger partial charge on any atom is 0.0711 e. The third kappa shape index (κ3) is 5.43. The highest BCUT2D eigenvalue weighted by atomic mass is 32.1. The zero-order chi connectivity index (χ0) is 38.6. The first-order valence-electron chi connectivity index (χ1n) is 20.6. The normalized spacial score (nSPS) is 16.7. The van der Waals surface area contributed by atoms with Crippen molar-refractivity contribution < 1.29 is 0 Å². The van der Waals surface area contributed by atoms with E-state index in [1.807, 2.05) is 11.3 Å². The molecule has 0 bridgehead atoms. The van der Waals surface area contributed by atoms with Gasteiger partial charge >= 0.3 is 0 Å². The largest absolute Gasteiger partial charge is 0.308 e. The summed E-state index contributed by atoms with van der Waals surface area (Å²) in [7, 11) is 0. The Morgan fingerprint density at radius 3 is 1.91 bits per heavy atom. The molecule has 3 aliphatic carbocycles. The summed E-state index contributed by atoms with van der Waals surface area (Å²) in [6.45, 7) is 2.32. The lowest BCUT2D eigenvalue weighted by atomic mass is 9.67. The summed E-state index contributed by atoms with van der Waals surface area (Å²) in [5.74, 6) is 0.529. The molecule has 2 heteroatoms. The zero-order valence-electron chi connectivity index (χ0n) is 32.6. The first-order valence-corrected chi connectivity index (χ1v) is 21.5. The predicted octanol–water partition coefficient (Wildman–Crippen LogP) is 15.6. The lowest BCUT2D eigenvalue weighted by molar-refractivity contribution is 0.749. The minimum atomic E-state index is -0.444. The molecule has 0 N–H and O–H groups in total. The molecule has 0 spiro atoms. The van der Waals surface area contributed by atoms with Gasteiger partial charge in [0.15, 0.2) is 0 Å². The first kappa shape index (κ1) is 34.7. The van der Waals surface area contributed by atoms with E-state index in [1.165, 1.54) is 87.2 Å². The molecule has 0 radical (unpaired) electrons. The van der Waals surface area contributed by atoms with Gasteiger partial charge in [-0.15, -0.1) is 11.3 Å². The molecular formula is C56H43NS. The molecule has 11 rings (SSSR count). The van der Waals surface area contributed by atoms with Crippen molar-refractivity contribution >= 4 is 59.7 Å². The van der Waals surface area contributed by atoms with E-state index >= 15 is 0 Å². The molecule has 0 fully saturated rings. The Morgan fingerprint density at radius 2 is 1.19 bits per heavy atom. The molecule has 0 amide bonds. The van der Waals surface area contributed by atoms with E-state index in [0.29, 0.717) is 5.92 Å². The topological polar surface area (TPSA) is 3.24 Å². The van der Waals surface area contributed by atoms with Crippen LogP contribution in [-0.2, 0) is 5.41 Å². The van der Waals surface area contributed by atoms with Crippen molar-refractivity contribution in [1.82, 2.24) is 0 Å². The number of allylic oxidation sites excluding steroid dienone is 8. The maximum absolute atomic E-state index is 2.56. The molecule has 1 nitrogen and oxygen atoms in total. The Morgan fingerprint density at radius 1 is 0.569 bits per heavy atom. The van der Waals surface area contributed by atoms with Gasteiger partial charge in [-0.1, -0.05) is 183 Å². The number of fused-ring (bicyclic) bond motifs is 6. The molecule has 1 unspecified atom stereocenters. The molecule has 3 aliphatic rings. The van der Waals surface area contributed by atoms with Gasteiger partial charge in [0.2, 0.25) is 0 Å². The van der Waals surface area contributed by atoms with E-state index in [2.05, 4.69) is 212 Å². The van der Waals surface area contributed by atoms with Crippen LogP contribution in [0.15, 0.2) is 206 Å². The number of rotatable bonds is 7. The number of hydrogen-bond donors (Lipinski definition) is 0. The molecule has 1 aromatic heterocycles. The van der Waals surface area contributed by atoms with Gasteiger partial charge in [-0.3, -0.25) is 0 Å². The molecule has 1 atom stereocenters. The minimum absolute atomic E-state index is 0.444. The number of thiophene rings is 1. The summed E-state index contributed by atoms with van der Waals surface area (Å²) in [6.07, 6.45) is 15.0. The summed E-state index contributed by atoms with van der Waals surface area (Å²) in [4.78, 5) is 2.56. The van der Waals surface area contributed by atoms with E-state index in [4.69, 9.17) is 0 Å². The summed E-state index contributed by atoms with van der Waals surface area (Å²) in [5.41, 5.74) is 16.3. The van der Waals surface area contributed by atoms with Crippen LogP contribution in [0.25, 0.3) is 42.4 Å². The second kappa shape index (κ2) is 14.2. The van der Waals surface area contributed by atoms with Crippen LogP contribution < -0.4 is 4.90 Å². The van der Waals surface area contributed by atoms with Crippen LogP contribution in [0.1, 0.15) is 54.0 Å². The van der Waals surface area contributed by atoms with Crippen molar-refractivity contribution in [3.05, 3.63) is 234 Å². The highest BCUT2D eigenvalue weighted by molar-refractivity contribution is 7.26. The van der Waals surface area contributed by atoms with Gasteiger partial charge in [0.25, 0.3) is 0 Å². The Balaban J connectivity index is 1.19. The first-order chi connectivity index (χ1) is 28.7. The molecule has 278 valence electrons. The molecule has 58 heavy (non-hydrogen) atoms. The summed E-state index contributed by atoms with van der Waals surface area (Å²) in [5, 5.41) is 2.63. The van der Waals surface area contributed by atoms with E-state index in [9.17, 15) is 0 Å². The number of anilines is 3. The van der Waals surface area contributed by atoms with Crippen LogP contribution in [0, 0.1) is 5.92 Å². The SMILES string of the molecule is CC1C=CC=C(c2cccc3c2sc2c(N(c4ccc(-c5ccccc5)cc4)c4cccc5c4C4=CCCC=C4C5(c4ccccc4)c4ccccc4)cccc23)C1. The highest BCUT2D eigenvalue weighted by Crippen LogP contribution is 2.61. The van der Waals surface area contributed by atoms with Crippen LogP contribution in [0.3, 0.4) is 0 Å². The van der Waals surface area contributed by atoms with Gasteiger partial charge in [-0.25, -0.2) is 0 Å². The molecule has 0 aliphatic heterocycles. The van der Waals surface area contributed by atoms with Gasteiger partial charge in [0, 0.05) is 26.7 Å². The molecular weight excluding hydrogens is 719 g/mol. The zero-order valence-corrected chi connectivity index (χ0v) is 33.4. The van der Waals surface area contributed by atoms with Crippen molar-refractivity contribution in [2.45, 2.75) is 31.6 Å². The van der Waals surface area contributed by atoms with E-state index in [0.717, 1.165) is 24.9 Å². The number of benzene rings is 7. The second-order valence-corrected chi connectivity index (χ2v) is 17.0. The number of hydrogen-bond acceptors (Lipinski definition) is 2. The van der Waals surface area contributed by atoms with E-state index in [1.54, 1.807) is 0 Å². The van der Waals surface area contributed by atoms with Gasteiger partial charge in [0.05, 0.1) is 21.5 Å². The predicted molar refractivity (Wildman–Crippen MR) is 248 cm³/mol. The van der Waals surface area contributed by atoms with Gasteiger partial charge in [0.1, 0.15) is 0 Å². The fraction of sp³-hybridized carbons (Fsp3) is 0.107. The Bertz CT molecular complexity index is 2920. The van der Waals surface area contributed by atoms with Gasteiger partial charge < -0.3 is 4.90 Å². The molecule has 0 saturated heterocycles. The minimum Gasteiger partial charge on any atom is -0.308 e. The molecule has 8 aromatic rings. The molecule has 0 saturated carbocycles. The third-order valence-electron chi connectivity index (χ3n) is 12.5. The van der Waals surface area contributed by atoms with Crippen molar-refractivity contribution in [3.8, 4) is 11.1 Å². The molecule has 7 aromatic carbocycles. The fourth-order valence-electron chi connectivity index (χ4n) is 10.0. The Labute approximate surface area is 345 Å². The van der Waals surface area contributed by atoms with E-state index in [-0.39, 0.29) is 0 Å². The van der Waals surface area contributed by atoms with Crippen LogP contribution in [0.5, 0.6) is 0 Å². The van der Waals surface area contributed by atoms with Crippen LogP contribution in [-0.4, -0.2) is 0 Å². The van der Waals surface area contributed by atoms with Gasteiger partial charge in [-0.05, 0) is 99.5 Å². The average Bonchev–Trinajstić information content (AvgIpc) is 3.83. The second-order valence-electron chi connectivity index (χ2n) is 15.9. The van der Waals surface area contributed by atoms with Gasteiger partial charge in [-0.2, -0.15) is 0 Å². The quantitative estimate of drug-likeness (QED) is 0.156. The van der Waals surface area contributed by atoms with Crippen LogP contribution in [0.2, 0.25) is 0 Å². The third-order valence-corrected chi connectivity index (χ3v) is 13.8. The lowest BCUT2D eigenvalue weighted by Gasteiger charge is -2.35. The van der Waals surface area contributed by atoms with Crippen molar-refractivity contribution in [3.63, 3.8) is 0 Å². The molecule has 1 heterocycles. The average molecular weight is 762 g/mol. The van der Waals surface area contributed by atoms with Crippen molar-refractivity contribution in [1.29, 1.82) is 0 Å².